The number of nitrogens with zero attached hydrogens (tertiary/aromatic N) is 1. The average molecular weight is 325 g/mol. The first-order valence-electron chi connectivity index (χ1n) is 7.98. The van der Waals surface area contributed by atoms with Gasteiger partial charge in [0.15, 0.2) is 0 Å². The van der Waals surface area contributed by atoms with E-state index in [0.717, 1.165) is 12.8 Å². The monoisotopic (exact) mass is 325 g/mol. The van der Waals surface area contributed by atoms with Crippen molar-refractivity contribution >= 4 is 17.5 Å². The molecule has 0 spiro atoms. The standard InChI is InChI=1S/C18H19N3O3/c22-16(9-11-21-10-2-1-6-17(21)23)19-15-5-3-4-13(12-15)18(24)20-14-7-8-14/h1-6,10,12,14H,7-9,11H2,(H,19,22)(H,20,24). The number of benzene rings is 1. The predicted molar refractivity (Wildman–Crippen MR) is 90.9 cm³/mol. The summed E-state index contributed by atoms with van der Waals surface area (Å²) in [5.74, 6) is -0.324. The van der Waals surface area contributed by atoms with Crippen LogP contribution in [0.25, 0.3) is 0 Å². The van der Waals surface area contributed by atoms with Gasteiger partial charge in [-0.15, -0.1) is 0 Å². The van der Waals surface area contributed by atoms with E-state index >= 15 is 0 Å². The van der Waals surface area contributed by atoms with Gasteiger partial charge in [-0.2, -0.15) is 0 Å². The van der Waals surface area contributed by atoms with Crippen LogP contribution in [0.4, 0.5) is 5.69 Å². The lowest BCUT2D eigenvalue weighted by atomic mass is 10.2. The Morgan fingerprint density at radius 3 is 2.71 bits per heavy atom. The van der Waals surface area contributed by atoms with Crippen molar-refractivity contribution in [3.63, 3.8) is 0 Å². The number of carbonyl (C=O) groups is 2. The summed E-state index contributed by atoms with van der Waals surface area (Å²) in [5.41, 5.74) is 0.965. The second kappa shape index (κ2) is 7.12. The molecule has 124 valence electrons. The molecule has 0 unspecified atom stereocenters. The van der Waals surface area contributed by atoms with Crippen LogP contribution in [0.15, 0.2) is 53.5 Å². The lowest BCUT2D eigenvalue weighted by Crippen LogP contribution is -2.25. The van der Waals surface area contributed by atoms with Crippen molar-refractivity contribution in [1.82, 2.24) is 9.88 Å². The van der Waals surface area contributed by atoms with Gasteiger partial charge in [-0.05, 0) is 37.1 Å². The van der Waals surface area contributed by atoms with E-state index in [2.05, 4.69) is 10.6 Å². The molecule has 0 saturated heterocycles. The zero-order valence-corrected chi connectivity index (χ0v) is 13.2. The van der Waals surface area contributed by atoms with Crippen molar-refractivity contribution in [3.8, 4) is 0 Å². The Morgan fingerprint density at radius 1 is 1.12 bits per heavy atom. The van der Waals surface area contributed by atoms with E-state index in [0.29, 0.717) is 23.8 Å². The minimum atomic E-state index is -0.203. The van der Waals surface area contributed by atoms with Gasteiger partial charge in [0.1, 0.15) is 0 Å². The lowest BCUT2D eigenvalue weighted by Gasteiger charge is -2.09. The molecule has 1 saturated carbocycles. The van der Waals surface area contributed by atoms with Crippen LogP contribution in [0.5, 0.6) is 0 Å². The number of hydrogen-bond acceptors (Lipinski definition) is 3. The normalized spacial score (nSPS) is 13.3. The van der Waals surface area contributed by atoms with E-state index in [-0.39, 0.29) is 23.8 Å². The van der Waals surface area contributed by atoms with Gasteiger partial charge in [0.25, 0.3) is 11.5 Å². The Kier molecular flexibility index (Phi) is 4.74. The smallest absolute Gasteiger partial charge is 0.251 e. The van der Waals surface area contributed by atoms with E-state index in [1.807, 2.05) is 0 Å². The molecular weight excluding hydrogens is 306 g/mol. The molecule has 0 aliphatic heterocycles. The van der Waals surface area contributed by atoms with E-state index in [4.69, 9.17) is 0 Å². The molecule has 2 aromatic rings. The SMILES string of the molecule is O=C(CCn1ccccc1=O)Nc1cccc(C(=O)NC2CC2)c1. The number of carbonyl (C=O) groups excluding carboxylic acids is 2. The Labute approximate surface area is 139 Å². The number of pyridine rings is 1. The van der Waals surface area contributed by atoms with Crippen molar-refractivity contribution in [2.75, 3.05) is 5.32 Å². The molecule has 1 aliphatic rings. The van der Waals surface area contributed by atoms with Gasteiger partial charge in [-0.3, -0.25) is 14.4 Å². The van der Waals surface area contributed by atoms with Gasteiger partial charge >= 0.3 is 0 Å². The van der Waals surface area contributed by atoms with Gasteiger partial charge < -0.3 is 15.2 Å². The van der Waals surface area contributed by atoms with Crippen LogP contribution in [0.2, 0.25) is 0 Å². The number of rotatable bonds is 6. The molecule has 1 fully saturated rings. The Morgan fingerprint density at radius 2 is 1.96 bits per heavy atom. The largest absolute Gasteiger partial charge is 0.349 e. The molecule has 1 heterocycles. The van der Waals surface area contributed by atoms with Crippen LogP contribution < -0.4 is 16.2 Å². The third-order valence-electron chi connectivity index (χ3n) is 3.80. The third-order valence-corrected chi connectivity index (χ3v) is 3.80. The summed E-state index contributed by atoms with van der Waals surface area (Å²) in [5, 5.41) is 5.68. The highest BCUT2D eigenvalue weighted by Gasteiger charge is 2.23. The molecule has 1 aromatic heterocycles. The highest BCUT2D eigenvalue weighted by molar-refractivity contribution is 5.97. The molecule has 2 amide bonds. The van der Waals surface area contributed by atoms with Gasteiger partial charge in [0.05, 0.1) is 0 Å². The van der Waals surface area contributed by atoms with Crippen molar-refractivity contribution in [2.45, 2.75) is 31.8 Å². The van der Waals surface area contributed by atoms with Crippen molar-refractivity contribution in [1.29, 1.82) is 0 Å². The van der Waals surface area contributed by atoms with Gasteiger partial charge in [0, 0.05) is 42.5 Å². The third kappa shape index (κ3) is 4.32. The fourth-order valence-corrected chi connectivity index (χ4v) is 2.33. The maximum absolute atomic E-state index is 12.0. The van der Waals surface area contributed by atoms with E-state index in [1.54, 1.807) is 42.6 Å². The van der Waals surface area contributed by atoms with Crippen LogP contribution in [0.1, 0.15) is 29.6 Å². The maximum atomic E-state index is 12.0. The maximum Gasteiger partial charge on any atom is 0.251 e. The summed E-state index contributed by atoms with van der Waals surface area (Å²) in [6.45, 7) is 0.313. The van der Waals surface area contributed by atoms with Gasteiger partial charge in [-0.25, -0.2) is 0 Å². The predicted octanol–water partition coefficient (Wildman–Crippen LogP) is 1.77. The summed E-state index contributed by atoms with van der Waals surface area (Å²) >= 11 is 0. The summed E-state index contributed by atoms with van der Waals surface area (Å²) < 4.78 is 1.49. The molecule has 1 aliphatic carbocycles. The molecule has 2 N–H and O–H groups in total. The first-order chi connectivity index (χ1) is 11.6. The fraction of sp³-hybridized carbons (Fsp3) is 0.278. The van der Waals surface area contributed by atoms with Crippen LogP contribution in [-0.2, 0) is 11.3 Å². The fourth-order valence-electron chi connectivity index (χ4n) is 2.33. The lowest BCUT2D eigenvalue weighted by molar-refractivity contribution is -0.116. The molecule has 3 rings (SSSR count). The first kappa shape index (κ1) is 16.0. The summed E-state index contributed by atoms with van der Waals surface area (Å²) in [6.07, 6.45) is 3.89. The molecule has 1 aromatic carbocycles. The molecular formula is C18H19N3O3. The van der Waals surface area contributed by atoms with Gasteiger partial charge in [-0.1, -0.05) is 12.1 Å². The number of amides is 2. The number of aryl methyl sites for hydroxylation is 1. The highest BCUT2D eigenvalue weighted by atomic mass is 16.2. The average Bonchev–Trinajstić information content (AvgIpc) is 3.38. The molecule has 6 heteroatoms. The van der Waals surface area contributed by atoms with Crippen LogP contribution in [-0.4, -0.2) is 22.4 Å². The minimum absolute atomic E-state index is 0.121. The molecule has 24 heavy (non-hydrogen) atoms. The van der Waals surface area contributed by atoms with E-state index in [1.165, 1.54) is 10.6 Å². The first-order valence-corrected chi connectivity index (χ1v) is 7.98. The number of nitrogens with one attached hydrogen (secondary N) is 2. The zero-order chi connectivity index (χ0) is 16.9. The summed E-state index contributed by atoms with van der Waals surface area (Å²) in [4.78, 5) is 35.6. The summed E-state index contributed by atoms with van der Waals surface area (Å²) in [7, 11) is 0. The van der Waals surface area contributed by atoms with E-state index < -0.39 is 0 Å². The topological polar surface area (TPSA) is 80.2 Å². The second-order valence-electron chi connectivity index (χ2n) is 5.86. The Hall–Kier alpha value is -2.89. The van der Waals surface area contributed by atoms with Crippen molar-refractivity contribution in [3.05, 3.63) is 64.6 Å². The Bertz CT molecular complexity index is 809. The zero-order valence-electron chi connectivity index (χ0n) is 13.2. The number of aromatic nitrogens is 1. The van der Waals surface area contributed by atoms with Gasteiger partial charge in [0.2, 0.25) is 5.91 Å². The van der Waals surface area contributed by atoms with Crippen molar-refractivity contribution in [2.24, 2.45) is 0 Å². The molecule has 6 nitrogen and oxygen atoms in total. The number of hydrogen-bond donors (Lipinski definition) is 2. The minimum Gasteiger partial charge on any atom is -0.349 e. The van der Waals surface area contributed by atoms with Crippen molar-refractivity contribution < 1.29 is 9.59 Å². The molecule has 0 atom stereocenters. The van der Waals surface area contributed by atoms with Crippen LogP contribution in [0.3, 0.4) is 0 Å². The highest BCUT2D eigenvalue weighted by Crippen LogP contribution is 2.20. The number of anilines is 1. The second-order valence-corrected chi connectivity index (χ2v) is 5.86. The molecule has 0 radical (unpaired) electrons. The quantitative estimate of drug-likeness (QED) is 0.849. The Balaban J connectivity index is 1.57. The summed E-state index contributed by atoms with van der Waals surface area (Å²) in [6, 6.07) is 12.0. The van der Waals surface area contributed by atoms with E-state index in [9.17, 15) is 14.4 Å². The van der Waals surface area contributed by atoms with Crippen LogP contribution in [0, 0.1) is 0 Å². The van der Waals surface area contributed by atoms with Crippen LogP contribution >= 0.6 is 0 Å². The molecule has 0 bridgehead atoms.